The monoisotopic (exact) mass is 480 g/mol. The van der Waals surface area contributed by atoms with Crippen molar-refractivity contribution in [3.05, 3.63) is 64.8 Å². The van der Waals surface area contributed by atoms with Gasteiger partial charge in [0.2, 0.25) is 0 Å². The maximum Gasteiger partial charge on any atom is 0.416 e. The third-order valence-corrected chi connectivity index (χ3v) is 5.38. The quantitative estimate of drug-likeness (QED) is 0.476. The van der Waals surface area contributed by atoms with E-state index in [4.69, 9.17) is 16.3 Å². The second-order valence-electron chi connectivity index (χ2n) is 8.13. The predicted octanol–water partition coefficient (Wildman–Crippen LogP) is 5.39. The lowest BCUT2D eigenvalue weighted by molar-refractivity contribution is -0.137. The van der Waals surface area contributed by atoms with Gasteiger partial charge in [0.15, 0.2) is 0 Å². The minimum Gasteiger partial charge on any atom is -0.491 e. The van der Waals surface area contributed by atoms with E-state index in [1.807, 2.05) is 20.9 Å². The Morgan fingerprint density at radius 3 is 2.52 bits per heavy atom. The molecule has 0 fully saturated rings. The first-order chi connectivity index (χ1) is 15.4. The number of carbonyl (C=O) groups excluding carboxylic acids is 1. The Morgan fingerprint density at radius 1 is 1.18 bits per heavy atom. The number of anilines is 1. The summed E-state index contributed by atoms with van der Waals surface area (Å²) in [4.78, 5) is 12.6. The number of aryl methyl sites for hydroxylation is 1. The van der Waals surface area contributed by atoms with Crippen LogP contribution in [0.5, 0.6) is 5.75 Å². The van der Waals surface area contributed by atoms with Crippen molar-refractivity contribution in [1.29, 1.82) is 0 Å². The Labute approximate surface area is 194 Å². The molecule has 0 saturated carbocycles. The second-order valence-corrected chi connectivity index (χ2v) is 8.54. The molecule has 0 bridgehead atoms. The Morgan fingerprint density at radius 2 is 1.91 bits per heavy atom. The van der Waals surface area contributed by atoms with Gasteiger partial charge < -0.3 is 15.4 Å². The predicted molar refractivity (Wildman–Crippen MR) is 122 cm³/mol. The van der Waals surface area contributed by atoms with Crippen LogP contribution in [0.25, 0.3) is 11.3 Å². The van der Waals surface area contributed by atoms with Gasteiger partial charge in [0.1, 0.15) is 12.4 Å². The van der Waals surface area contributed by atoms with Crippen LogP contribution in [0.15, 0.2) is 48.7 Å². The van der Waals surface area contributed by atoms with Gasteiger partial charge in [0.05, 0.1) is 22.5 Å². The highest BCUT2D eigenvalue weighted by Crippen LogP contribution is 2.37. The molecule has 3 aromatic rings. The molecule has 0 saturated heterocycles. The normalized spacial score (nSPS) is 12.0. The van der Waals surface area contributed by atoms with E-state index in [0.717, 1.165) is 12.1 Å². The fraction of sp³-hybridized carbons (Fsp3) is 0.304. The summed E-state index contributed by atoms with van der Waals surface area (Å²) in [5, 5.41) is 10.3. The summed E-state index contributed by atoms with van der Waals surface area (Å²) in [5.41, 5.74) is 0.210. The van der Waals surface area contributed by atoms with E-state index >= 15 is 0 Å². The Hall–Kier alpha value is -3.04. The topological polar surface area (TPSA) is 68.2 Å². The summed E-state index contributed by atoms with van der Waals surface area (Å²) in [7, 11) is 3.55. The second kappa shape index (κ2) is 9.44. The molecule has 0 aliphatic rings. The summed E-state index contributed by atoms with van der Waals surface area (Å²) in [6, 6.07) is 9.17. The van der Waals surface area contributed by atoms with Gasteiger partial charge >= 0.3 is 6.18 Å². The first-order valence-electron chi connectivity index (χ1n) is 10.0. The molecule has 3 rings (SSSR count). The van der Waals surface area contributed by atoms with Crippen molar-refractivity contribution >= 4 is 23.2 Å². The van der Waals surface area contributed by atoms with Gasteiger partial charge in [-0.05, 0) is 57.3 Å². The maximum atomic E-state index is 13.0. The van der Waals surface area contributed by atoms with E-state index < -0.39 is 17.6 Å². The van der Waals surface area contributed by atoms with Crippen LogP contribution in [0.4, 0.5) is 18.9 Å². The molecule has 1 aromatic heterocycles. The molecule has 2 N–H and O–H groups in total. The summed E-state index contributed by atoms with van der Waals surface area (Å²) >= 11 is 6.34. The zero-order valence-corrected chi connectivity index (χ0v) is 19.3. The molecule has 0 radical (unpaired) electrons. The Kier molecular flexibility index (Phi) is 7.04. The number of likely N-dealkylation sites (N-methyl/N-ethyl adjacent to an activating group) is 1. The number of carbonyl (C=O) groups is 1. The minimum absolute atomic E-state index is 0.110. The van der Waals surface area contributed by atoms with E-state index in [9.17, 15) is 18.0 Å². The molecule has 2 aromatic carbocycles. The number of hydrogen-bond donors (Lipinski definition) is 2. The molecule has 33 heavy (non-hydrogen) atoms. The average molecular weight is 481 g/mol. The highest BCUT2D eigenvalue weighted by Gasteiger charge is 2.31. The summed E-state index contributed by atoms with van der Waals surface area (Å²) in [6.07, 6.45) is -3.05. The number of nitrogens with one attached hydrogen (secondary N) is 2. The standard InChI is InChI=1S/C23H24ClF3N4O2/c1-22(2,28-3)13-33-19-9-8-16(11-17(19)20-18(24)12-29-31(20)4)30-21(32)14-6-5-7-15(10-14)23(25,26)27/h5-12,28H,13H2,1-4H3,(H,30,32). The first kappa shape index (κ1) is 24.6. The number of alkyl halides is 3. The van der Waals surface area contributed by atoms with Gasteiger partial charge in [-0.25, -0.2) is 0 Å². The average Bonchev–Trinajstić information content (AvgIpc) is 3.10. The molecular weight excluding hydrogens is 457 g/mol. The lowest BCUT2D eigenvalue weighted by atomic mass is 10.1. The Bertz CT molecular complexity index is 1140. The summed E-state index contributed by atoms with van der Waals surface area (Å²) in [5.74, 6) is -0.158. The van der Waals surface area contributed by atoms with Crippen molar-refractivity contribution in [1.82, 2.24) is 15.1 Å². The van der Waals surface area contributed by atoms with E-state index in [1.165, 1.54) is 18.3 Å². The fourth-order valence-electron chi connectivity index (χ4n) is 3.00. The highest BCUT2D eigenvalue weighted by atomic mass is 35.5. The molecule has 0 spiro atoms. The number of hydrogen-bond acceptors (Lipinski definition) is 4. The van der Waals surface area contributed by atoms with Gasteiger partial charge in [-0.2, -0.15) is 18.3 Å². The SMILES string of the molecule is CNC(C)(C)COc1ccc(NC(=O)c2cccc(C(F)(F)F)c2)cc1-c1c(Cl)cnn1C. The van der Waals surface area contributed by atoms with Gasteiger partial charge in [0, 0.05) is 29.4 Å². The first-order valence-corrected chi connectivity index (χ1v) is 10.4. The van der Waals surface area contributed by atoms with Crippen LogP contribution in [0, 0.1) is 0 Å². The number of rotatable bonds is 7. The molecule has 0 atom stereocenters. The fourth-order valence-corrected chi connectivity index (χ4v) is 3.27. The molecule has 176 valence electrons. The smallest absolute Gasteiger partial charge is 0.416 e. The summed E-state index contributed by atoms with van der Waals surface area (Å²) in [6.45, 7) is 4.31. The number of ether oxygens (including phenoxy) is 1. The summed E-state index contributed by atoms with van der Waals surface area (Å²) < 4.78 is 46.6. The van der Waals surface area contributed by atoms with E-state index in [2.05, 4.69) is 15.7 Å². The lowest BCUT2D eigenvalue weighted by Crippen LogP contribution is -2.42. The van der Waals surface area contributed by atoms with Gasteiger partial charge in [-0.1, -0.05) is 17.7 Å². The number of aromatic nitrogens is 2. The molecule has 1 heterocycles. The van der Waals surface area contributed by atoms with Crippen molar-refractivity contribution < 1.29 is 22.7 Å². The van der Waals surface area contributed by atoms with Gasteiger partial charge in [-0.15, -0.1) is 0 Å². The van der Waals surface area contributed by atoms with Crippen molar-refractivity contribution in [2.45, 2.75) is 25.6 Å². The molecule has 1 amide bonds. The molecule has 0 aliphatic heterocycles. The minimum atomic E-state index is -4.54. The highest BCUT2D eigenvalue weighted by molar-refractivity contribution is 6.33. The van der Waals surface area contributed by atoms with Crippen molar-refractivity contribution in [3.63, 3.8) is 0 Å². The molecular formula is C23H24ClF3N4O2. The van der Waals surface area contributed by atoms with E-state index in [0.29, 0.717) is 34.3 Å². The third-order valence-electron chi connectivity index (χ3n) is 5.10. The van der Waals surface area contributed by atoms with E-state index in [-0.39, 0.29) is 11.1 Å². The van der Waals surface area contributed by atoms with Crippen LogP contribution in [0.1, 0.15) is 29.8 Å². The lowest BCUT2D eigenvalue weighted by Gasteiger charge is -2.25. The Balaban J connectivity index is 1.94. The van der Waals surface area contributed by atoms with Crippen LogP contribution >= 0.6 is 11.6 Å². The van der Waals surface area contributed by atoms with Gasteiger partial charge in [0.25, 0.3) is 5.91 Å². The van der Waals surface area contributed by atoms with Crippen LogP contribution in [0.2, 0.25) is 5.02 Å². The largest absolute Gasteiger partial charge is 0.491 e. The van der Waals surface area contributed by atoms with Crippen LogP contribution in [-0.4, -0.2) is 34.9 Å². The number of halogens is 4. The third kappa shape index (κ3) is 5.85. The zero-order chi connectivity index (χ0) is 24.4. The van der Waals surface area contributed by atoms with Crippen molar-refractivity contribution in [3.8, 4) is 17.0 Å². The number of amides is 1. The van der Waals surface area contributed by atoms with Crippen molar-refractivity contribution in [2.24, 2.45) is 7.05 Å². The molecule has 0 unspecified atom stereocenters. The number of nitrogens with zero attached hydrogens (tertiary/aromatic N) is 2. The van der Waals surface area contributed by atoms with E-state index in [1.54, 1.807) is 29.9 Å². The zero-order valence-electron chi connectivity index (χ0n) is 18.5. The maximum absolute atomic E-state index is 13.0. The molecule has 0 aliphatic carbocycles. The van der Waals surface area contributed by atoms with Crippen LogP contribution in [-0.2, 0) is 13.2 Å². The number of benzene rings is 2. The van der Waals surface area contributed by atoms with Crippen LogP contribution < -0.4 is 15.4 Å². The van der Waals surface area contributed by atoms with Crippen LogP contribution in [0.3, 0.4) is 0 Å². The molecule has 10 heteroatoms. The van der Waals surface area contributed by atoms with Crippen molar-refractivity contribution in [2.75, 3.05) is 19.0 Å². The van der Waals surface area contributed by atoms with Gasteiger partial charge in [-0.3, -0.25) is 9.48 Å². The molecule has 6 nitrogen and oxygen atoms in total.